The van der Waals surface area contributed by atoms with E-state index in [0.717, 1.165) is 0 Å². The van der Waals surface area contributed by atoms with Crippen molar-refractivity contribution < 1.29 is 14.3 Å². The molecular formula is C10H10O3. The highest BCUT2D eigenvalue weighted by molar-refractivity contribution is 5.71. The topological polar surface area (TPSA) is 43.4 Å². The van der Waals surface area contributed by atoms with Crippen molar-refractivity contribution in [3.63, 3.8) is 0 Å². The zero-order chi connectivity index (χ0) is 9.68. The average molecular weight is 178 g/mol. The van der Waals surface area contributed by atoms with E-state index in [9.17, 15) is 9.59 Å². The van der Waals surface area contributed by atoms with Gasteiger partial charge in [-0.2, -0.15) is 0 Å². The molecule has 0 radical (unpaired) electrons. The molecule has 0 fully saturated rings. The summed E-state index contributed by atoms with van der Waals surface area (Å²) >= 11 is 0. The number of allylic oxidation sites excluding steroid dienone is 2. The molecule has 1 unspecified atom stereocenters. The first-order valence-electron chi connectivity index (χ1n) is 4.07. The summed E-state index contributed by atoms with van der Waals surface area (Å²) in [5.41, 5.74) is 0.351. The Bertz CT molecular complexity index is 306. The number of esters is 1. The molecule has 0 amide bonds. The number of carbonyl (C=O) groups excluding carboxylic acids is 2. The van der Waals surface area contributed by atoms with E-state index in [4.69, 9.17) is 4.74 Å². The van der Waals surface area contributed by atoms with Crippen LogP contribution in [-0.4, -0.2) is 18.0 Å². The Morgan fingerprint density at radius 3 is 3.00 bits per heavy atom. The lowest BCUT2D eigenvalue weighted by molar-refractivity contribution is -0.144. The fraction of sp³-hybridized carbons (Fsp3) is 0.300. The Kier molecular flexibility index (Phi) is 3.23. The van der Waals surface area contributed by atoms with E-state index in [-0.39, 0.29) is 5.97 Å². The standard InChI is InChI=1S/C10H10O3/c1-2-10(12)13-9-6-4-3-5-8(9)7-11/h3-6,9H,2H2,1H3. The Balaban J connectivity index is 2.69. The highest BCUT2D eigenvalue weighted by atomic mass is 16.5. The molecule has 0 aromatic carbocycles. The van der Waals surface area contributed by atoms with Crippen LogP contribution in [0, 0.1) is 0 Å². The monoisotopic (exact) mass is 178 g/mol. The smallest absolute Gasteiger partial charge is 0.306 e. The van der Waals surface area contributed by atoms with E-state index in [1.54, 1.807) is 37.2 Å². The van der Waals surface area contributed by atoms with Crippen LogP contribution in [-0.2, 0) is 14.3 Å². The third kappa shape index (κ3) is 2.42. The molecule has 1 aliphatic rings. The zero-order valence-electron chi connectivity index (χ0n) is 7.32. The number of hydrogen-bond acceptors (Lipinski definition) is 3. The van der Waals surface area contributed by atoms with Crippen molar-refractivity contribution in [2.45, 2.75) is 19.4 Å². The van der Waals surface area contributed by atoms with Crippen molar-refractivity contribution >= 4 is 11.9 Å². The van der Waals surface area contributed by atoms with Crippen molar-refractivity contribution in [3.8, 4) is 0 Å². The van der Waals surface area contributed by atoms with Crippen LogP contribution in [0.1, 0.15) is 13.3 Å². The molecule has 0 aliphatic heterocycles. The summed E-state index contributed by atoms with van der Waals surface area (Å²) in [4.78, 5) is 21.3. The number of hydrogen-bond donors (Lipinski definition) is 0. The SMILES string of the molecule is CCC(=O)OC1C=CC=CC1=C=O. The minimum atomic E-state index is -0.560. The molecule has 1 atom stereocenters. The summed E-state index contributed by atoms with van der Waals surface area (Å²) in [5, 5.41) is 0. The van der Waals surface area contributed by atoms with E-state index >= 15 is 0 Å². The largest absolute Gasteiger partial charge is 0.452 e. The van der Waals surface area contributed by atoms with Crippen LogP contribution in [0.4, 0.5) is 0 Å². The predicted molar refractivity (Wildman–Crippen MR) is 47.7 cm³/mol. The Labute approximate surface area is 76.4 Å². The fourth-order valence-corrected chi connectivity index (χ4v) is 0.943. The molecule has 0 N–H and O–H groups in total. The van der Waals surface area contributed by atoms with Gasteiger partial charge in [-0.15, -0.1) is 0 Å². The molecule has 0 heterocycles. The Morgan fingerprint density at radius 2 is 2.38 bits per heavy atom. The van der Waals surface area contributed by atoms with Gasteiger partial charge < -0.3 is 4.74 Å². The summed E-state index contributed by atoms with van der Waals surface area (Å²) in [6.45, 7) is 1.70. The van der Waals surface area contributed by atoms with Crippen molar-refractivity contribution in [2.24, 2.45) is 0 Å². The number of ether oxygens (including phenoxy) is 1. The molecule has 0 aromatic heterocycles. The van der Waals surface area contributed by atoms with E-state index in [2.05, 4.69) is 0 Å². The molecule has 3 heteroatoms. The second kappa shape index (κ2) is 4.43. The number of carbonyl (C=O) groups is 1. The predicted octanol–water partition coefficient (Wildman–Crippen LogP) is 1.19. The van der Waals surface area contributed by atoms with Crippen LogP contribution in [0.5, 0.6) is 0 Å². The molecule has 1 aliphatic carbocycles. The summed E-state index contributed by atoms with van der Waals surface area (Å²) in [6, 6.07) is 0. The van der Waals surface area contributed by atoms with Crippen LogP contribution < -0.4 is 0 Å². The lowest BCUT2D eigenvalue weighted by atomic mass is 10.1. The Hall–Kier alpha value is -1.60. The second-order valence-electron chi connectivity index (χ2n) is 2.57. The van der Waals surface area contributed by atoms with Crippen LogP contribution in [0.25, 0.3) is 0 Å². The first-order chi connectivity index (χ1) is 6.27. The zero-order valence-corrected chi connectivity index (χ0v) is 7.32. The summed E-state index contributed by atoms with van der Waals surface area (Å²) in [7, 11) is 0. The van der Waals surface area contributed by atoms with Gasteiger partial charge in [0, 0.05) is 6.42 Å². The molecule has 68 valence electrons. The Morgan fingerprint density at radius 1 is 1.62 bits per heavy atom. The first kappa shape index (κ1) is 9.49. The maximum atomic E-state index is 10.9. The minimum absolute atomic E-state index is 0.306. The molecule has 0 saturated carbocycles. The molecule has 0 saturated heterocycles. The summed E-state index contributed by atoms with van der Waals surface area (Å²) in [6.07, 6.45) is 6.41. The summed E-state index contributed by atoms with van der Waals surface area (Å²) in [5.74, 6) is 1.41. The number of rotatable bonds is 2. The van der Waals surface area contributed by atoms with Gasteiger partial charge in [-0.3, -0.25) is 4.79 Å². The molecule has 1 rings (SSSR count). The van der Waals surface area contributed by atoms with Gasteiger partial charge in [0.25, 0.3) is 0 Å². The second-order valence-corrected chi connectivity index (χ2v) is 2.57. The molecule has 0 aromatic rings. The lowest BCUT2D eigenvalue weighted by Gasteiger charge is -2.14. The van der Waals surface area contributed by atoms with E-state index in [1.807, 2.05) is 0 Å². The molecule has 0 spiro atoms. The van der Waals surface area contributed by atoms with Gasteiger partial charge in [0.05, 0.1) is 5.57 Å². The third-order valence-electron chi connectivity index (χ3n) is 1.64. The molecule has 13 heavy (non-hydrogen) atoms. The van der Waals surface area contributed by atoms with Gasteiger partial charge >= 0.3 is 5.97 Å². The van der Waals surface area contributed by atoms with Crippen LogP contribution in [0.2, 0.25) is 0 Å². The average Bonchev–Trinajstić information content (AvgIpc) is 2.18. The van der Waals surface area contributed by atoms with Crippen molar-refractivity contribution in [3.05, 3.63) is 29.9 Å². The van der Waals surface area contributed by atoms with Crippen LogP contribution in [0.3, 0.4) is 0 Å². The van der Waals surface area contributed by atoms with Gasteiger partial charge in [0.1, 0.15) is 5.94 Å². The van der Waals surface area contributed by atoms with E-state index < -0.39 is 6.10 Å². The quantitative estimate of drug-likeness (QED) is 0.471. The third-order valence-corrected chi connectivity index (χ3v) is 1.64. The molecule has 0 bridgehead atoms. The normalized spacial score (nSPS) is 19.8. The van der Waals surface area contributed by atoms with Gasteiger partial charge in [0.2, 0.25) is 0 Å². The lowest BCUT2D eigenvalue weighted by Crippen LogP contribution is -2.18. The van der Waals surface area contributed by atoms with Gasteiger partial charge in [-0.1, -0.05) is 19.1 Å². The highest BCUT2D eigenvalue weighted by Gasteiger charge is 2.15. The maximum Gasteiger partial charge on any atom is 0.306 e. The first-order valence-corrected chi connectivity index (χ1v) is 4.07. The fourth-order valence-electron chi connectivity index (χ4n) is 0.943. The van der Waals surface area contributed by atoms with Crippen molar-refractivity contribution in [1.29, 1.82) is 0 Å². The van der Waals surface area contributed by atoms with Gasteiger partial charge in [-0.05, 0) is 12.2 Å². The van der Waals surface area contributed by atoms with E-state index in [1.165, 1.54) is 0 Å². The van der Waals surface area contributed by atoms with Crippen LogP contribution in [0.15, 0.2) is 29.9 Å². The van der Waals surface area contributed by atoms with Crippen molar-refractivity contribution in [2.75, 3.05) is 0 Å². The van der Waals surface area contributed by atoms with Gasteiger partial charge in [-0.25, -0.2) is 4.79 Å². The molecule has 3 nitrogen and oxygen atoms in total. The highest BCUT2D eigenvalue weighted by Crippen LogP contribution is 2.12. The van der Waals surface area contributed by atoms with Crippen molar-refractivity contribution in [1.82, 2.24) is 0 Å². The van der Waals surface area contributed by atoms with E-state index in [0.29, 0.717) is 12.0 Å². The molecular weight excluding hydrogens is 168 g/mol. The minimum Gasteiger partial charge on any atom is -0.452 e. The van der Waals surface area contributed by atoms with Gasteiger partial charge in [0.15, 0.2) is 6.10 Å². The summed E-state index contributed by atoms with van der Waals surface area (Å²) < 4.78 is 4.97. The maximum absolute atomic E-state index is 10.9. The van der Waals surface area contributed by atoms with Crippen LogP contribution >= 0.6 is 0 Å².